The SMILES string of the molecule is CC(=O)O[Si](CCOc1ccc2c(c1)CO[Si](c1ccccc1)(c1ccccc1)O2)(OC(C)=O)OC(C)=O. The molecule has 0 unspecified atom stereocenters. The molecule has 0 N–H and O–H groups in total. The van der Waals surface area contributed by atoms with Gasteiger partial charge in [-0.3, -0.25) is 14.4 Å². The van der Waals surface area contributed by atoms with Crippen LogP contribution in [-0.4, -0.2) is 41.9 Å². The average molecular weight is 553 g/mol. The molecule has 0 bridgehead atoms. The number of hydrogen-bond acceptors (Lipinski definition) is 9. The highest BCUT2D eigenvalue weighted by Crippen LogP contribution is 2.32. The van der Waals surface area contributed by atoms with Crippen LogP contribution >= 0.6 is 0 Å². The monoisotopic (exact) mass is 552 g/mol. The highest BCUT2D eigenvalue weighted by molar-refractivity contribution is 6.93. The first-order valence-electron chi connectivity index (χ1n) is 12.0. The van der Waals surface area contributed by atoms with E-state index in [1.807, 2.05) is 66.7 Å². The second kappa shape index (κ2) is 11.6. The number of fused-ring (bicyclic) bond motifs is 1. The number of carbonyl (C=O) groups is 3. The summed E-state index contributed by atoms with van der Waals surface area (Å²) in [6.45, 7) is 3.72. The Balaban J connectivity index is 1.52. The van der Waals surface area contributed by atoms with Crippen LogP contribution in [0.2, 0.25) is 6.04 Å². The van der Waals surface area contributed by atoms with Gasteiger partial charge < -0.3 is 26.9 Å². The van der Waals surface area contributed by atoms with Gasteiger partial charge in [0.1, 0.15) is 11.5 Å². The van der Waals surface area contributed by atoms with Crippen LogP contribution in [0.5, 0.6) is 11.5 Å². The summed E-state index contributed by atoms with van der Waals surface area (Å²) in [6.07, 6.45) is 0. The lowest BCUT2D eigenvalue weighted by Gasteiger charge is -2.36. The van der Waals surface area contributed by atoms with Gasteiger partial charge in [0, 0.05) is 36.7 Å². The van der Waals surface area contributed by atoms with E-state index < -0.39 is 35.3 Å². The first-order valence-corrected chi connectivity index (χ1v) is 15.7. The number of rotatable bonds is 9. The summed E-state index contributed by atoms with van der Waals surface area (Å²) >= 11 is 0. The van der Waals surface area contributed by atoms with E-state index in [4.69, 9.17) is 26.9 Å². The van der Waals surface area contributed by atoms with Crippen molar-refractivity contribution >= 4 is 45.6 Å². The van der Waals surface area contributed by atoms with E-state index in [2.05, 4.69) is 0 Å². The molecule has 0 saturated heterocycles. The van der Waals surface area contributed by atoms with E-state index in [1.165, 1.54) is 0 Å². The van der Waals surface area contributed by atoms with Gasteiger partial charge in [0.2, 0.25) is 0 Å². The molecule has 0 saturated carbocycles. The maximum atomic E-state index is 11.6. The molecule has 0 atom stereocenters. The van der Waals surface area contributed by atoms with Gasteiger partial charge >= 0.3 is 17.4 Å². The first-order chi connectivity index (χ1) is 18.2. The van der Waals surface area contributed by atoms with Gasteiger partial charge in [0.05, 0.1) is 19.3 Å². The fourth-order valence-electron chi connectivity index (χ4n) is 4.15. The van der Waals surface area contributed by atoms with Gasteiger partial charge in [0.25, 0.3) is 17.9 Å². The number of carbonyl (C=O) groups excluding carboxylic acids is 3. The molecule has 1 aliphatic heterocycles. The molecule has 3 aromatic rings. The quantitative estimate of drug-likeness (QED) is 0.371. The molecule has 0 fully saturated rings. The maximum Gasteiger partial charge on any atom is 0.708 e. The second-order valence-electron chi connectivity index (χ2n) is 8.57. The van der Waals surface area contributed by atoms with Gasteiger partial charge in [-0.1, -0.05) is 60.7 Å². The largest absolute Gasteiger partial charge is 0.708 e. The van der Waals surface area contributed by atoms with Crippen molar-refractivity contribution in [3.05, 3.63) is 84.4 Å². The highest BCUT2D eigenvalue weighted by Gasteiger charge is 2.52. The number of ether oxygens (including phenoxy) is 1. The summed E-state index contributed by atoms with van der Waals surface area (Å²) < 4.78 is 34.6. The maximum absolute atomic E-state index is 11.6. The molecule has 198 valence electrons. The minimum Gasteiger partial charge on any atom is -0.514 e. The summed E-state index contributed by atoms with van der Waals surface area (Å²) in [6, 6.07) is 25.2. The Hall–Kier alpha value is -3.94. The van der Waals surface area contributed by atoms with Crippen LogP contribution in [0.1, 0.15) is 26.3 Å². The second-order valence-corrected chi connectivity index (χ2v) is 13.9. The average Bonchev–Trinajstić information content (AvgIpc) is 2.88. The molecule has 0 amide bonds. The lowest BCUT2D eigenvalue weighted by atomic mass is 10.2. The van der Waals surface area contributed by atoms with Crippen molar-refractivity contribution in [2.24, 2.45) is 0 Å². The molecule has 0 aromatic heterocycles. The minimum absolute atomic E-state index is 0.0344. The normalized spacial score (nSPS) is 13.9. The predicted octanol–water partition coefficient (Wildman–Crippen LogP) is 2.86. The fourth-order valence-corrected chi connectivity index (χ4v) is 9.34. The molecule has 0 aliphatic carbocycles. The van der Waals surface area contributed by atoms with E-state index >= 15 is 0 Å². The minimum atomic E-state index is -3.98. The lowest BCUT2D eigenvalue weighted by molar-refractivity contribution is -0.147. The topological polar surface area (TPSA) is 107 Å². The standard InChI is InChI=1S/C27H28O9Si2/c1-20(28)33-37(34-21(2)29,35-22(3)30)17-16-31-24-14-15-27-23(18-24)19-32-38(36-27,25-10-6-4-7-11-25)26-12-8-5-9-13-26/h4-15,18H,16-17,19H2,1-3H3. The van der Waals surface area contributed by atoms with Gasteiger partial charge in [-0.15, -0.1) is 0 Å². The molecule has 0 spiro atoms. The van der Waals surface area contributed by atoms with Crippen molar-refractivity contribution in [2.75, 3.05) is 6.61 Å². The van der Waals surface area contributed by atoms with Crippen LogP contribution in [0.15, 0.2) is 78.9 Å². The van der Waals surface area contributed by atoms with Crippen LogP contribution in [0.3, 0.4) is 0 Å². The third-order valence-corrected chi connectivity index (χ3v) is 11.5. The van der Waals surface area contributed by atoms with Crippen LogP contribution in [0.4, 0.5) is 0 Å². The Kier molecular flexibility index (Phi) is 8.30. The van der Waals surface area contributed by atoms with E-state index in [9.17, 15) is 14.4 Å². The van der Waals surface area contributed by atoms with Gasteiger partial charge in [-0.05, 0) is 18.2 Å². The highest BCUT2D eigenvalue weighted by atomic mass is 28.4. The van der Waals surface area contributed by atoms with Crippen molar-refractivity contribution in [1.82, 2.24) is 0 Å². The summed E-state index contributed by atoms with van der Waals surface area (Å²) in [4.78, 5) is 34.9. The van der Waals surface area contributed by atoms with Gasteiger partial charge in [-0.2, -0.15) is 0 Å². The Morgan fingerprint density at radius 3 is 1.82 bits per heavy atom. The zero-order valence-corrected chi connectivity index (χ0v) is 23.3. The van der Waals surface area contributed by atoms with Gasteiger partial charge in [0.15, 0.2) is 0 Å². The van der Waals surface area contributed by atoms with Crippen molar-refractivity contribution in [3.63, 3.8) is 0 Å². The van der Waals surface area contributed by atoms with Gasteiger partial charge in [-0.25, -0.2) is 0 Å². The molecule has 3 aromatic carbocycles. The van der Waals surface area contributed by atoms with Crippen LogP contribution in [0, 0.1) is 0 Å². The molecule has 9 nitrogen and oxygen atoms in total. The molecule has 1 heterocycles. The van der Waals surface area contributed by atoms with Crippen molar-refractivity contribution < 1.29 is 41.3 Å². The van der Waals surface area contributed by atoms with E-state index in [0.29, 0.717) is 18.1 Å². The van der Waals surface area contributed by atoms with Crippen molar-refractivity contribution in [3.8, 4) is 11.5 Å². The Labute approximate surface area is 222 Å². The molecule has 0 radical (unpaired) electrons. The van der Waals surface area contributed by atoms with Crippen LogP contribution in [-0.2, 0) is 38.7 Å². The third-order valence-electron chi connectivity index (χ3n) is 5.60. The van der Waals surface area contributed by atoms with Crippen molar-refractivity contribution in [1.29, 1.82) is 0 Å². The Morgan fingerprint density at radius 2 is 1.32 bits per heavy atom. The Morgan fingerprint density at radius 1 is 0.789 bits per heavy atom. The van der Waals surface area contributed by atoms with E-state index in [1.54, 1.807) is 12.1 Å². The number of benzene rings is 3. The van der Waals surface area contributed by atoms with Crippen molar-refractivity contribution in [2.45, 2.75) is 33.4 Å². The third kappa shape index (κ3) is 6.30. The smallest absolute Gasteiger partial charge is 0.514 e. The summed E-state index contributed by atoms with van der Waals surface area (Å²) in [5, 5.41) is 2.00. The summed E-state index contributed by atoms with van der Waals surface area (Å²) in [7, 11) is -6.96. The first kappa shape index (κ1) is 27.1. The summed E-state index contributed by atoms with van der Waals surface area (Å²) in [5.74, 6) is -0.988. The van der Waals surface area contributed by atoms with Crippen LogP contribution in [0.25, 0.3) is 0 Å². The fraction of sp³-hybridized carbons (Fsp3) is 0.222. The zero-order valence-electron chi connectivity index (χ0n) is 21.3. The predicted molar refractivity (Wildman–Crippen MR) is 141 cm³/mol. The van der Waals surface area contributed by atoms with E-state index in [0.717, 1.165) is 36.7 Å². The Bertz CT molecular complexity index is 1220. The molecule has 4 rings (SSSR count). The zero-order chi connectivity index (χ0) is 27.2. The van der Waals surface area contributed by atoms with Crippen LogP contribution < -0.4 is 19.5 Å². The molecular weight excluding hydrogens is 524 g/mol. The number of hydrogen-bond donors (Lipinski definition) is 0. The van der Waals surface area contributed by atoms with E-state index in [-0.39, 0.29) is 12.7 Å². The molecule has 11 heteroatoms. The molecular formula is C27H28O9Si2. The summed E-state index contributed by atoms with van der Waals surface area (Å²) in [5.41, 5.74) is 0.806. The molecule has 1 aliphatic rings. The lowest BCUT2D eigenvalue weighted by Crippen LogP contribution is -2.66. The molecule has 38 heavy (non-hydrogen) atoms.